The fraction of sp³-hybridized carbons (Fsp3) is 0.647. The zero-order valence-corrected chi connectivity index (χ0v) is 12.6. The van der Waals surface area contributed by atoms with E-state index in [4.69, 9.17) is 10.5 Å². The van der Waals surface area contributed by atoms with E-state index in [-0.39, 0.29) is 11.9 Å². The van der Waals surface area contributed by atoms with Crippen LogP contribution in [-0.2, 0) is 6.42 Å². The molecule has 112 valence electrons. The third kappa shape index (κ3) is 3.72. The van der Waals surface area contributed by atoms with Crippen molar-refractivity contribution < 1.29 is 9.13 Å². The quantitative estimate of drug-likeness (QED) is 0.886. The predicted molar refractivity (Wildman–Crippen MR) is 80.4 cm³/mol. The number of hydrogen-bond acceptors (Lipinski definition) is 2. The highest BCUT2D eigenvalue weighted by Gasteiger charge is 2.25. The van der Waals surface area contributed by atoms with Crippen LogP contribution in [-0.4, -0.2) is 13.2 Å². The third-order valence-corrected chi connectivity index (χ3v) is 4.76. The van der Waals surface area contributed by atoms with Gasteiger partial charge in [0.15, 0.2) is 11.6 Å². The highest BCUT2D eigenvalue weighted by molar-refractivity contribution is 5.29. The van der Waals surface area contributed by atoms with Gasteiger partial charge in [0.25, 0.3) is 0 Å². The predicted octanol–water partition coefficient (Wildman–Crippen LogP) is 3.92. The van der Waals surface area contributed by atoms with Crippen molar-refractivity contribution in [3.05, 3.63) is 29.6 Å². The van der Waals surface area contributed by atoms with Gasteiger partial charge in [-0.3, -0.25) is 0 Å². The number of nitrogens with two attached hydrogens (primary N) is 1. The number of methoxy groups -OCH3 is 1. The summed E-state index contributed by atoms with van der Waals surface area (Å²) in [7, 11) is 1.48. The second-order valence-electron chi connectivity index (χ2n) is 6.03. The average molecular weight is 279 g/mol. The summed E-state index contributed by atoms with van der Waals surface area (Å²) in [5, 5.41) is 0. The van der Waals surface area contributed by atoms with E-state index in [2.05, 4.69) is 6.92 Å². The molecule has 1 aromatic carbocycles. The molecule has 1 saturated carbocycles. The topological polar surface area (TPSA) is 35.2 Å². The first-order valence-corrected chi connectivity index (χ1v) is 7.72. The van der Waals surface area contributed by atoms with Crippen molar-refractivity contribution in [2.24, 2.45) is 17.6 Å². The van der Waals surface area contributed by atoms with Gasteiger partial charge >= 0.3 is 0 Å². The Morgan fingerprint density at radius 3 is 2.55 bits per heavy atom. The van der Waals surface area contributed by atoms with Crippen LogP contribution in [0, 0.1) is 17.7 Å². The van der Waals surface area contributed by atoms with Crippen molar-refractivity contribution in [1.82, 2.24) is 0 Å². The Kier molecular flexibility index (Phi) is 5.41. The van der Waals surface area contributed by atoms with Gasteiger partial charge in [0.05, 0.1) is 7.11 Å². The van der Waals surface area contributed by atoms with E-state index in [0.29, 0.717) is 11.7 Å². The number of halogens is 1. The van der Waals surface area contributed by atoms with E-state index >= 15 is 0 Å². The van der Waals surface area contributed by atoms with Gasteiger partial charge in [-0.05, 0) is 48.8 Å². The molecule has 0 radical (unpaired) electrons. The standard InChI is InChI=1S/C17H26FNO/c1-3-12-4-7-14(8-5-12)16(19)11-13-6-9-17(20-2)15(18)10-13/h6,9-10,12,14,16H,3-5,7-8,11,19H2,1-2H3. The van der Waals surface area contributed by atoms with Crippen LogP contribution in [0.25, 0.3) is 0 Å². The van der Waals surface area contributed by atoms with Gasteiger partial charge in [-0.25, -0.2) is 4.39 Å². The minimum absolute atomic E-state index is 0.139. The molecule has 2 nitrogen and oxygen atoms in total. The van der Waals surface area contributed by atoms with Crippen molar-refractivity contribution in [2.75, 3.05) is 7.11 Å². The lowest BCUT2D eigenvalue weighted by molar-refractivity contribution is 0.238. The minimum Gasteiger partial charge on any atom is -0.494 e. The van der Waals surface area contributed by atoms with Crippen LogP contribution in [0.15, 0.2) is 18.2 Å². The lowest BCUT2D eigenvalue weighted by Gasteiger charge is -2.31. The first kappa shape index (κ1) is 15.3. The molecule has 3 heteroatoms. The van der Waals surface area contributed by atoms with E-state index in [0.717, 1.165) is 17.9 Å². The van der Waals surface area contributed by atoms with Crippen LogP contribution in [0.4, 0.5) is 4.39 Å². The van der Waals surface area contributed by atoms with Crippen LogP contribution in [0.2, 0.25) is 0 Å². The molecule has 2 rings (SSSR count). The SMILES string of the molecule is CCC1CCC(C(N)Cc2ccc(OC)c(F)c2)CC1. The number of benzene rings is 1. The molecule has 0 heterocycles. The van der Waals surface area contributed by atoms with E-state index in [1.54, 1.807) is 12.1 Å². The summed E-state index contributed by atoms with van der Waals surface area (Å²) in [6.45, 7) is 2.27. The molecular weight excluding hydrogens is 253 g/mol. The zero-order chi connectivity index (χ0) is 14.5. The largest absolute Gasteiger partial charge is 0.494 e. The Bertz CT molecular complexity index is 427. The Labute approximate surface area is 121 Å². The highest BCUT2D eigenvalue weighted by atomic mass is 19.1. The summed E-state index contributed by atoms with van der Waals surface area (Å²) >= 11 is 0. The maximum absolute atomic E-state index is 13.7. The smallest absolute Gasteiger partial charge is 0.165 e. The molecule has 0 aliphatic heterocycles. The molecule has 1 fully saturated rings. The first-order chi connectivity index (χ1) is 9.63. The molecule has 1 atom stereocenters. The molecular formula is C17H26FNO. The summed E-state index contributed by atoms with van der Waals surface area (Å²) in [6, 6.07) is 5.29. The third-order valence-electron chi connectivity index (χ3n) is 4.76. The number of ether oxygens (including phenoxy) is 1. The van der Waals surface area contributed by atoms with E-state index in [1.165, 1.54) is 39.2 Å². The van der Waals surface area contributed by atoms with Crippen molar-refractivity contribution >= 4 is 0 Å². The number of rotatable bonds is 5. The lowest BCUT2D eigenvalue weighted by Crippen LogP contribution is -2.34. The summed E-state index contributed by atoms with van der Waals surface area (Å²) in [6.07, 6.45) is 7.07. The normalized spacial score (nSPS) is 24.4. The maximum atomic E-state index is 13.7. The van der Waals surface area contributed by atoms with Gasteiger partial charge in [0.1, 0.15) is 0 Å². The van der Waals surface area contributed by atoms with Crippen LogP contribution >= 0.6 is 0 Å². The number of hydrogen-bond donors (Lipinski definition) is 1. The maximum Gasteiger partial charge on any atom is 0.165 e. The molecule has 2 N–H and O–H groups in total. The summed E-state index contributed by atoms with van der Waals surface area (Å²) in [5.74, 6) is 1.47. The van der Waals surface area contributed by atoms with Crippen molar-refractivity contribution in [3.63, 3.8) is 0 Å². The van der Waals surface area contributed by atoms with Crippen LogP contribution in [0.3, 0.4) is 0 Å². The average Bonchev–Trinajstić information content (AvgIpc) is 2.47. The molecule has 20 heavy (non-hydrogen) atoms. The molecule has 0 bridgehead atoms. The van der Waals surface area contributed by atoms with E-state index < -0.39 is 0 Å². The zero-order valence-electron chi connectivity index (χ0n) is 12.6. The van der Waals surface area contributed by atoms with Crippen molar-refractivity contribution in [1.29, 1.82) is 0 Å². The monoisotopic (exact) mass is 279 g/mol. The Morgan fingerprint density at radius 2 is 2.00 bits per heavy atom. The molecule has 1 aliphatic rings. The second-order valence-corrected chi connectivity index (χ2v) is 6.03. The van der Waals surface area contributed by atoms with Gasteiger partial charge in [-0.15, -0.1) is 0 Å². The van der Waals surface area contributed by atoms with Gasteiger partial charge in [0.2, 0.25) is 0 Å². The summed E-state index contributed by atoms with van der Waals surface area (Å²) in [5.41, 5.74) is 7.30. The molecule has 0 amide bonds. The van der Waals surface area contributed by atoms with E-state index in [9.17, 15) is 4.39 Å². The molecule has 1 aliphatic carbocycles. The van der Waals surface area contributed by atoms with Gasteiger partial charge < -0.3 is 10.5 Å². The van der Waals surface area contributed by atoms with Crippen molar-refractivity contribution in [2.45, 2.75) is 51.5 Å². The second kappa shape index (κ2) is 7.07. The highest BCUT2D eigenvalue weighted by Crippen LogP contribution is 2.33. The lowest BCUT2D eigenvalue weighted by atomic mass is 9.76. The van der Waals surface area contributed by atoms with E-state index in [1.807, 2.05) is 6.07 Å². The molecule has 1 unspecified atom stereocenters. The Hall–Kier alpha value is -1.09. The minimum atomic E-state index is -0.299. The summed E-state index contributed by atoms with van der Waals surface area (Å²) < 4.78 is 18.6. The van der Waals surface area contributed by atoms with Crippen LogP contribution in [0.1, 0.15) is 44.6 Å². The molecule has 0 spiro atoms. The van der Waals surface area contributed by atoms with Gasteiger partial charge in [0, 0.05) is 6.04 Å². The molecule has 0 saturated heterocycles. The van der Waals surface area contributed by atoms with Gasteiger partial charge in [-0.2, -0.15) is 0 Å². The first-order valence-electron chi connectivity index (χ1n) is 7.72. The Morgan fingerprint density at radius 1 is 1.30 bits per heavy atom. The van der Waals surface area contributed by atoms with Crippen LogP contribution < -0.4 is 10.5 Å². The van der Waals surface area contributed by atoms with Gasteiger partial charge in [-0.1, -0.05) is 32.3 Å². The van der Waals surface area contributed by atoms with Crippen molar-refractivity contribution in [3.8, 4) is 5.75 Å². The van der Waals surface area contributed by atoms with Crippen LogP contribution in [0.5, 0.6) is 5.75 Å². The fourth-order valence-electron chi connectivity index (χ4n) is 3.30. The fourth-order valence-corrected chi connectivity index (χ4v) is 3.30. The molecule has 0 aromatic heterocycles. The Balaban J connectivity index is 1.91. The summed E-state index contributed by atoms with van der Waals surface area (Å²) in [4.78, 5) is 0. The molecule has 1 aromatic rings.